The minimum absolute atomic E-state index is 0.112. The number of carbonyl (C=O) groups is 1. The van der Waals surface area contributed by atoms with Crippen LogP contribution in [0.2, 0.25) is 0 Å². The van der Waals surface area contributed by atoms with Crippen LogP contribution in [-0.4, -0.2) is 19.1 Å². The molecular formula is C16H20N2O3. The van der Waals surface area contributed by atoms with E-state index in [9.17, 15) is 4.79 Å². The quantitative estimate of drug-likeness (QED) is 0.588. The maximum absolute atomic E-state index is 11.1. The van der Waals surface area contributed by atoms with Crippen LogP contribution in [0, 0.1) is 11.3 Å². The Bertz CT molecular complexity index is 559. The van der Waals surface area contributed by atoms with E-state index in [1.165, 1.54) is 6.08 Å². The fourth-order valence-corrected chi connectivity index (χ4v) is 1.59. The smallest absolute Gasteiger partial charge is 0.259 e. The molecule has 1 aromatic rings. The topological polar surface area (TPSA) is 85.3 Å². The first-order valence-corrected chi connectivity index (χ1v) is 6.93. The van der Waals surface area contributed by atoms with Crippen molar-refractivity contribution in [1.29, 1.82) is 5.26 Å². The molecule has 1 amide bonds. The molecule has 1 aromatic carbocycles. The van der Waals surface area contributed by atoms with Gasteiger partial charge in [0.05, 0.1) is 13.2 Å². The number of ether oxygens (including phenoxy) is 2. The molecular weight excluding hydrogens is 268 g/mol. The molecule has 0 unspecified atom stereocenters. The molecule has 5 heteroatoms. The van der Waals surface area contributed by atoms with Gasteiger partial charge in [-0.05, 0) is 31.1 Å². The Morgan fingerprint density at radius 2 is 1.95 bits per heavy atom. The van der Waals surface area contributed by atoms with E-state index in [1.54, 1.807) is 24.3 Å². The fraction of sp³-hybridized carbons (Fsp3) is 0.375. The summed E-state index contributed by atoms with van der Waals surface area (Å²) in [5.74, 6) is 0.502. The van der Waals surface area contributed by atoms with Crippen LogP contribution in [0.15, 0.2) is 23.8 Å². The Kier molecular flexibility index (Phi) is 6.82. The van der Waals surface area contributed by atoms with E-state index in [-0.39, 0.29) is 5.57 Å². The van der Waals surface area contributed by atoms with E-state index in [1.807, 2.05) is 13.8 Å². The average molecular weight is 288 g/mol. The zero-order valence-electron chi connectivity index (χ0n) is 12.4. The number of hydrogen-bond acceptors (Lipinski definition) is 4. The molecule has 0 spiro atoms. The zero-order valence-corrected chi connectivity index (χ0v) is 12.4. The largest absolute Gasteiger partial charge is 0.493 e. The van der Waals surface area contributed by atoms with Crippen LogP contribution < -0.4 is 15.2 Å². The number of nitrogens with zero attached hydrogens (tertiary/aromatic N) is 1. The van der Waals surface area contributed by atoms with Crippen molar-refractivity contribution in [2.75, 3.05) is 13.2 Å². The Labute approximate surface area is 125 Å². The van der Waals surface area contributed by atoms with Crippen molar-refractivity contribution in [2.45, 2.75) is 26.7 Å². The summed E-state index contributed by atoms with van der Waals surface area (Å²) in [6.45, 7) is 5.18. The molecule has 0 aliphatic carbocycles. The van der Waals surface area contributed by atoms with Gasteiger partial charge in [-0.3, -0.25) is 4.79 Å². The van der Waals surface area contributed by atoms with Crippen LogP contribution in [0.4, 0.5) is 0 Å². The molecule has 0 radical (unpaired) electrons. The molecule has 0 aliphatic heterocycles. The first-order valence-electron chi connectivity index (χ1n) is 6.93. The summed E-state index contributed by atoms with van der Waals surface area (Å²) in [7, 11) is 0. The van der Waals surface area contributed by atoms with E-state index in [2.05, 4.69) is 0 Å². The van der Waals surface area contributed by atoms with Gasteiger partial charge in [0.15, 0.2) is 0 Å². The molecule has 0 bridgehead atoms. The average Bonchev–Trinajstić information content (AvgIpc) is 2.49. The number of primary amides is 1. The summed E-state index contributed by atoms with van der Waals surface area (Å²) in [5.41, 5.74) is 5.66. The number of nitriles is 1. The molecule has 0 fully saturated rings. The highest BCUT2D eigenvalue weighted by molar-refractivity contribution is 6.00. The lowest BCUT2D eigenvalue weighted by Gasteiger charge is -2.11. The van der Waals surface area contributed by atoms with Crippen LogP contribution in [0.3, 0.4) is 0 Å². The molecule has 21 heavy (non-hydrogen) atoms. The zero-order chi connectivity index (χ0) is 15.7. The van der Waals surface area contributed by atoms with E-state index < -0.39 is 5.91 Å². The molecule has 1 rings (SSSR count). The van der Waals surface area contributed by atoms with Gasteiger partial charge in [0.2, 0.25) is 0 Å². The first-order chi connectivity index (χ1) is 10.1. The van der Waals surface area contributed by atoms with Crippen LogP contribution in [-0.2, 0) is 4.79 Å². The lowest BCUT2D eigenvalue weighted by molar-refractivity contribution is -0.114. The highest BCUT2D eigenvalue weighted by atomic mass is 16.5. The van der Waals surface area contributed by atoms with Gasteiger partial charge >= 0.3 is 0 Å². The molecule has 0 saturated heterocycles. The molecule has 0 atom stereocenters. The van der Waals surface area contributed by atoms with E-state index in [4.69, 9.17) is 20.5 Å². The second-order valence-electron chi connectivity index (χ2n) is 4.43. The predicted molar refractivity (Wildman–Crippen MR) is 80.8 cm³/mol. The third kappa shape index (κ3) is 5.19. The fourth-order valence-electron chi connectivity index (χ4n) is 1.59. The molecule has 0 aliphatic rings. The first kappa shape index (κ1) is 16.6. The van der Waals surface area contributed by atoms with Gasteiger partial charge in [-0.1, -0.05) is 13.8 Å². The Morgan fingerprint density at radius 1 is 1.29 bits per heavy atom. The van der Waals surface area contributed by atoms with Gasteiger partial charge in [-0.25, -0.2) is 0 Å². The van der Waals surface area contributed by atoms with E-state index >= 15 is 0 Å². The van der Waals surface area contributed by atoms with Crippen molar-refractivity contribution in [1.82, 2.24) is 0 Å². The maximum atomic E-state index is 11.1. The predicted octanol–water partition coefficient (Wildman–Crippen LogP) is 2.66. The second kappa shape index (κ2) is 8.64. The molecule has 112 valence electrons. The van der Waals surface area contributed by atoms with E-state index in [0.29, 0.717) is 30.3 Å². The summed E-state index contributed by atoms with van der Waals surface area (Å²) in [6.07, 6.45) is 3.19. The van der Waals surface area contributed by atoms with Gasteiger partial charge in [0.1, 0.15) is 23.1 Å². The monoisotopic (exact) mass is 288 g/mol. The summed E-state index contributed by atoms with van der Waals surface area (Å²) in [4.78, 5) is 11.1. The van der Waals surface area contributed by atoms with Crippen LogP contribution in [0.5, 0.6) is 11.5 Å². The third-order valence-corrected chi connectivity index (χ3v) is 2.61. The molecule has 0 saturated carbocycles. The van der Waals surface area contributed by atoms with Gasteiger partial charge in [-0.2, -0.15) is 5.26 Å². The van der Waals surface area contributed by atoms with Crippen molar-refractivity contribution >= 4 is 12.0 Å². The maximum Gasteiger partial charge on any atom is 0.259 e. The number of carbonyl (C=O) groups excluding carboxylic acids is 1. The third-order valence-electron chi connectivity index (χ3n) is 2.61. The molecule has 2 N–H and O–H groups in total. The van der Waals surface area contributed by atoms with E-state index in [0.717, 1.165) is 12.8 Å². The minimum Gasteiger partial charge on any atom is -0.493 e. The summed E-state index contributed by atoms with van der Waals surface area (Å²) in [6, 6.07) is 7.06. The minimum atomic E-state index is -0.759. The molecule has 5 nitrogen and oxygen atoms in total. The lowest BCUT2D eigenvalue weighted by atomic mass is 10.1. The van der Waals surface area contributed by atoms with Crippen molar-refractivity contribution in [3.63, 3.8) is 0 Å². The number of benzene rings is 1. The standard InChI is InChI=1S/C16H20N2O3/c1-3-7-20-14-6-5-12(9-13(11-17)16(18)19)15(10-14)21-8-4-2/h5-6,9-10H,3-4,7-8H2,1-2H3,(H2,18,19)/b13-9-. The lowest BCUT2D eigenvalue weighted by Crippen LogP contribution is -2.12. The highest BCUT2D eigenvalue weighted by Gasteiger charge is 2.09. The Morgan fingerprint density at radius 3 is 2.52 bits per heavy atom. The van der Waals surface area contributed by atoms with Crippen molar-refractivity contribution < 1.29 is 14.3 Å². The van der Waals surface area contributed by atoms with Gasteiger partial charge in [0.25, 0.3) is 5.91 Å². The van der Waals surface area contributed by atoms with Crippen LogP contribution >= 0.6 is 0 Å². The Hall–Kier alpha value is -2.48. The number of amides is 1. The molecule has 0 heterocycles. The second-order valence-corrected chi connectivity index (χ2v) is 4.43. The van der Waals surface area contributed by atoms with Gasteiger partial charge in [0, 0.05) is 11.6 Å². The van der Waals surface area contributed by atoms with Crippen molar-refractivity contribution in [2.24, 2.45) is 5.73 Å². The van der Waals surface area contributed by atoms with Gasteiger partial charge < -0.3 is 15.2 Å². The summed E-state index contributed by atoms with van der Waals surface area (Å²) < 4.78 is 11.2. The number of rotatable bonds is 8. The summed E-state index contributed by atoms with van der Waals surface area (Å²) in [5, 5.41) is 8.91. The van der Waals surface area contributed by atoms with Crippen molar-refractivity contribution in [3.8, 4) is 17.6 Å². The van der Waals surface area contributed by atoms with Gasteiger partial charge in [-0.15, -0.1) is 0 Å². The summed E-state index contributed by atoms with van der Waals surface area (Å²) >= 11 is 0. The SMILES string of the molecule is CCCOc1ccc(/C=C(/C#N)C(N)=O)c(OCCC)c1. The van der Waals surface area contributed by atoms with Crippen molar-refractivity contribution in [3.05, 3.63) is 29.3 Å². The van der Waals surface area contributed by atoms with Crippen LogP contribution in [0.1, 0.15) is 32.3 Å². The highest BCUT2D eigenvalue weighted by Crippen LogP contribution is 2.27. The molecule has 0 aromatic heterocycles. The number of nitrogens with two attached hydrogens (primary N) is 1. The Balaban J connectivity index is 3.12. The number of hydrogen-bond donors (Lipinski definition) is 1. The van der Waals surface area contributed by atoms with Crippen LogP contribution in [0.25, 0.3) is 6.08 Å². The normalized spacial score (nSPS) is 10.8.